The molecule has 1 aliphatic carbocycles. The average molecular weight is 290 g/mol. The Hall–Kier alpha value is -1.55. The summed E-state index contributed by atoms with van der Waals surface area (Å²) in [6.07, 6.45) is 2.90. The van der Waals surface area contributed by atoms with E-state index in [2.05, 4.69) is 24.5 Å². The van der Waals surface area contributed by atoms with Crippen molar-refractivity contribution < 1.29 is 9.90 Å². The van der Waals surface area contributed by atoms with Crippen LogP contribution in [-0.2, 0) is 0 Å². The second kappa shape index (κ2) is 6.94. The topological polar surface area (TPSA) is 61.4 Å². The number of carbonyl (C=O) groups excluding carboxylic acids is 1. The Kier molecular flexibility index (Phi) is 5.23. The molecule has 0 aliphatic heterocycles. The summed E-state index contributed by atoms with van der Waals surface area (Å²) in [5, 5.41) is 15.2. The number of benzene rings is 1. The highest BCUT2D eigenvalue weighted by atomic mass is 16.3. The fraction of sp³-hybridized carbons (Fsp3) is 0.588. The third-order valence-corrected chi connectivity index (χ3v) is 4.13. The molecule has 1 aliphatic rings. The SMILES string of the molecule is CC(C)CC(NC(=O)NCC1(CO)CC1)c1ccccc1. The first-order valence-electron chi connectivity index (χ1n) is 7.75. The molecule has 21 heavy (non-hydrogen) atoms. The number of hydrogen-bond donors (Lipinski definition) is 3. The van der Waals surface area contributed by atoms with Crippen LogP contribution in [0.3, 0.4) is 0 Å². The van der Waals surface area contributed by atoms with E-state index >= 15 is 0 Å². The van der Waals surface area contributed by atoms with Gasteiger partial charge in [0.2, 0.25) is 0 Å². The Morgan fingerprint density at radius 1 is 1.29 bits per heavy atom. The molecule has 1 aromatic carbocycles. The van der Waals surface area contributed by atoms with E-state index in [0.717, 1.165) is 24.8 Å². The van der Waals surface area contributed by atoms with Gasteiger partial charge >= 0.3 is 6.03 Å². The molecule has 0 heterocycles. The van der Waals surface area contributed by atoms with Gasteiger partial charge in [0.15, 0.2) is 0 Å². The molecule has 1 atom stereocenters. The van der Waals surface area contributed by atoms with Crippen LogP contribution in [-0.4, -0.2) is 24.3 Å². The van der Waals surface area contributed by atoms with E-state index in [1.54, 1.807) is 0 Å². The molecule has 2 rings (SSSR count). The zero-order chi connectivity index (χ0) is 15.3. The van der Waals surface area contributed by atoms with E-state index in [1.807, 2.05) is 30.3 Å². The van der Waals surface area contributed by atoms with Crippen LogP contribution in [0, 0.1) is 11.3 Å². The molecule has 116 valence electrons. The minimum absolute atomic E-state index is 0.0236. The summed E-state index contributed by atoms with van der Waals surface area (Å²) in [6, 6.07) is 9.93. The maximum absolute atomic E-state index is 12.1. The summed E-state index contributed by atoms with van der Waals surface area (Å²) < 4.78 is 0. The van der Waals surface area contributed by atoms with Gasteiger partial charge in [-0.05, 0) is 30.7 Å². The number of carbonyl (C=O) groups is 1. The lowest BCUT2D eigenvalue weighted by molar-refractivity contribution is 0.201. The Morgan fingerprint density at radius 2 is 1.95 bits per heavy atom. The minimum Gasteiger partial charge on any atom is -0.396 e. The first kappa shape index (κ1) is 15.8. The molecule has 1 unspecified atom stereocenters. The van der Waals surface area contributed by atoms with E-state index < -0.39 is 0 Å². The standard InChI is InChI=1S/C17H26N2O2/c1-13(2)10-15(14-6-4-3-5-7-14)19-16(21)18-11-17(12-20)8-9-17/h3-7,13,15,20H,8-12H2,1-2H3,(H2,18,19,21). The first-order chi connectivity index (χ1) is 10.0. The van der Waals surface area contributed by atoms with Crippen LogP contribution >= 0.6 is 0 Å². The molecule has 4 heteroatoms. The van der Waals surface area contributed by atoms with E-state index in [1.165, 1.54) is 0 Å². The summed E-state index contributed by atoms with van der Waals surface area (Å²) in [7, 11) is 0. The average Bonchev–Trinajstić information content (AvgIpc) is 3.26. The molecule has 2 amide bonds. The second-order valence-corrected chi connectivity index (χ2v) is 6.58. The van der Waals surface area contributed by atoms with Crippen LogP contribution in [0.1, 0.15) is 44.7 Å². The Labute approximate surface area is 126 Å². The summed E-state index contributed by atoms with van der Waals surface area (Å²) in [6.45, 7) is 5.01. The van der Waals surface area contributed by atoms with Crippen LogP contribution in [0.2, 0.25) is 0 Å². The van der Waals surface area contributed by atoms with Crippen LogP contribution in [0.5, 0.6) is 0 Å². The van der Waals surface area contributed by atoms with Gasteiger partial charge in [-0.2, -0.15) is 0 Å². The molecule has 0 spiro atoms. The second-order valence-electron chi connectivity index (χ2n) is 6.58. The smallest absolute Gasteiger partial charge is 0.315 e. The summed E-state index contributed by atoms with van der Waals surface area (Å²) in [4.78, 5) is 12.1. The number of nitrogens with one attached hydrogen (secondary N) is 2. The molecule has 0 saturated heterocycles. The molecular formula is C17H26N2O2. The van der Waals surface area contributed by atoms with Gasteiger partial charge in [-0.1, -0.05) is 44.2 Å². The molecule has 0 aromatic heterocycles. The lowest BCUT2D eigenvalue weighted by Crippen LogP contribution is -2.41. The van der Waals surface area contributed by atoms with Crippen molar-refractivity contribution in [2.75, 3.05) is 13.2 Å². The van der Waals surface area contributed by atoms with Crippen molar-refractivity contribution in [3.63, 3.8) is 0 Å². The maximum Gasteiger partial charge on any atom is 0.315 e. The highest BCUT2D eigenvalue weighted by Crippen LogP contribution is 2.44. The third kappa shape index (κ3) is 4.74. The monoisotopic (exact) mass is 290 g/mol. The van der Waals surface area contributed by atoms with Crippen molar-refractivity contribution in [1.29, 1.82) is 0 Å². The van der Waals surface area contributed by atoms with Gasteiger partial charge in [0.25, 0.3) is 0 Å². The fourth-order valence-corrected chi connectivity index (χ4v) is 2.48. The number of rotatable bonds is 7. The number of hydrogen-bond acceptors (Lipinski definition) is 2. The zero-order valence-electron chi connectivity index (χ0n) is 12.9. The van der Waals surface area contributed by atoms with E-state index in [9.17, 15) is 9.90 Å². The van der Waals surface area contributed by atoms with Crippen molar-refractivity contribution in [2.45, 2.75) is 39.2 Å². The van der Waals surface area contributed by atoms with E-state index in [0.29, 0.717) is 12.5 Å². The Balaban J connectivity index is 1.90. The van der Waals surface area contributed by atoms with Gasteiger partial charge in [-0.15, -0.1) is 0 Å². The number of aliphatic hydroxyl groups excluding tert-OH is 1. The highest BCUT2D eigenvalue weighted by molar-refractivity contribution is 5.74. The van der Waals surface area contributed by atoms with Gasteiger partial charge in [0.1, 0.15) is 0 Å². The lowest BCUT2D eigenvalue weighted by atomic mass is 9.97. The van der Waals surface area contributed by atoms with Crippen molar-refractivity contribution in [3.8, 4) is 0 Å². The third-order valence-electron chi connectivity index (χ3n) is 4.13. The molecule has 1 aromatic rings. The zero-order valence-corrected chi connectivity index (χ0v) is 12.9. The van der Waals surface area contributed by atoms with E-state index in [-0.39, 0.29) is 24.1 Å². The Morgan fingerprint density at radius 3 is 2.48 bits per heavy atom. The Bertz CT molecular complexity index is 455. The fourth-order valence-electron chi connectivity index (χ4n) is 2.48. The molecule has 3 N–H and O–H groups in total. The predicted molar refractivity (Wildman–Crippen MR) is 83.9 cm³/mol. The minimum atomic E-state index is -0.149. The molecule has 1 fully saturated rings. The molecule has 1 saturated carbocycles. The molecule has 4 nitrogen and oxygen atoms in total. The number of aliphatic hydroxyl groups is 1. The molecule has 0 radical (unpaired) electrons. The van der Waals surface area contributed by atoms with Gasteiger partial charge in [0, 0.05) is 12.0 Å². The number of amides is 2. The van der Waals surface area contributed by atoms with Crippen molar-refractivity contribution >= 4 is 6.03 Å². The van der Waals surface area contributed by atoms with Crippen molar-refractivity contribution in [1.82, 2.24) is 10.6 Å². The lowest BCUT2D eigenvalue weighted by Gasteiger charge is -2.22. The van der Waals surface area contributed by atoms with Crippen LogP contribution in [0.4, 0.5) is 4.79 Å². The van der Waals surface area contributed by atoms with Gasteiger partial charge in [-0.3, -0.25) is 0 Å². The largest absolute Gasteiger partial charge is 0.396 e. The van der Waals surface area contributed by atoms with Gasteiger partial charge in [0.05, 0.1) is 12.6 Å². The summed E-state index contributed by atoms with van der Waals surface area (Å²) >= 11 is 0. The first-order valence-corrected chi connectivity index (χ1v) is 7.75. The van der Waals surface area contributed by atoms with Gasteiger partial charge in [-0.25, -0.2) is 4.79 Å². The van der Waals surface area contributed by atoms with Gasteiger partial charge < -0.3 is 15.7 Å². The predicted octanol–water partition coefficient (Wildman–Crippen LogP) is 2.85. The summed E-state index contributed by atoms with van der Waals surface area (Å²) in [5.74, 6) is 0.503. The van der Waals surface area contributed by atoms with Crippen LogP contribution in [0.15, 0.2) is 30.3 Å². The van der Waals surface area contributed by atoms with Crippen molar-refractivity contribution in [2.24, 2.45) is 11.3 Å². The molecular weight excluding hydrogens is 264 g/mol. The maximum atomic E-state index is 12.1. The van der Waals surface area contributed by atoms with Crippen molar-refractivity contribution in [3.05, 3.63) is 35.9 Å². The van der Waals surface area contributed by atoms with E-state index in [4.69, 9.17) is 0 Å². The quantitative estimate of drug-likeness (QED) is 0.723. The molecule has 0 bridgehead atoms. The summed E-state index contributed by atoms with van der Waals surface area (Å²) in [5.41, 5.74) is 1.07. The normalized spacial score (nSPS) is 17.3. The highest BCUT2D eigenvalue weighted by Gasteiger charge is 2.42. The van der Waals surface area contributed by atoms with Crippen LogP contribution in [0.25, 0.3) is 0 Å². The number of urea groups is 1. The van der Waals surface area contributed by atoms with Crippen LogP contribution < -0.4 is 10.6 Å².